The summed E-state index contributed by atoms with van der Waals surface area (Å²) in [4.78, 5) is 28.9. The molecule has 0 bridgehead atoms. The van der Waals surface area contributed by atoms with Crippen LogP contribution in [0.2, 0.25) is 0 Å². The predicted molar refractivity (Wildman–Crippen MR) is 145 cm³/mol. The summed E-state index contributed by atoms with van der Waals surface area (Å²) in [5, 5.41) is 19.6. The third-order valence-corrected chi connectivity index (χ3v) is 5.82. The van der Waals surface area contributed by atoms with Crippen LogP contribution in [0.1, 0.15) is 34.0 Å². The van der Waals surface area contributed by atoms with Crippen molar-refractivity contribution in [1.82, 2.24) is 4.90 Å². The summed E-state index contributed by atoms with van der Waals surface area (Å²) in [7, 11) is 2.92. The number of nitrogens with zero attached hydrogens (tertiary/aromatic N) is 1. The lowest BCUT2D eigenvalue weighted by molar-refractivity contribution is -0.131. The molecule has 1 amide bonds. The third kappa shape index (κ3) is 7.60. The van der Waals surface area contributed by atoms with Gasteiger partial charge >= 0.3 is 0 Å². The molecule has 0 unspecified atom stereocenters. The second-order valence-corrected chi connectivity index (χ2v) is 8.25. The van der Waals surface area contributed by atoms with Crippen LogP contribution in [0, 0.1) is 0 Å². The highest BCUT2D eigenvalue weighted by molar-refractivity contribution is 6.13. The number of methoxy groups -OCH3 is 2. The Morgan fingerprint density at radius 2 is 1.66 bits per heavy atom. The largest absolute Gasteiger partial charge is 0.504 e. The van der Waals surface area contributed by atoms with Gasteiger partial charge in [0.05, 0.1) is 32.3 Å². The number of ether oxygens (including phenoxy) is 4. The van der Waals surface area contributed by atoms with Gasteiger partial charge in [0.1, 0.15) is 24.7 Å². The van der Waals surface area contributed by atoms with E-state index in [0.717, 1.165) is 0 Å². The van der Waals surface area contributed by atoms with Crippen molar-refractivity contribution in [2.24, 2.45) is 0 Å². The Bertz CT molecular complexity index is 1130. The zero-order chi connectivity index (χ0) is 28.1. The number of phenolic OH excluding ortho intramolecular Hbond substituents is 1. The highest BCUT2D eigenvalue weighted by Gasteiger charge is 2.28. The number of rotatable bonds is 17. The van der Waals surface area contributed by atoms with Crippen LogP contribution in [-0.2, 0) is 22.4 Å². The zero-order valence-corrected chi connectivity index (χ0v) is 22.3. The molecule has 0 atom stereocenters. The topological polar surface area (TPSA) is 115 Å². The van der Waals surface area contributed by atoms with Gasteiger partial charge in [-0.25, -0.2) is 0 Å². The fourth-order valence-corrected chi connectivity index (χ4v) is 4.01. The van der Waals surface area contributed by atoms with E-state index in [0.29, 0.717) is 29.9 Å². The molecule has 2 rings (SSSR count). The number of aliphatic hydroxyl groups is 1. The van der Waals surface area contributed by atoms with E-state index in [1.165, 1.54) is 37.3 Å². The van der Waals surface area contributed by atoms with E-state index >= 15 is 0 Å². The van der Waals surface area contributed by atoms with Crippen molar-refractivity contribution in [3.8, 4) is 23.0 Å². The molecule has 206 valence electrons. The minimum atomic E-state index is -0.416. The summed E-state index contributed by atoms with van der Waals surface area (Å²) in [5.41, 5.74) is 1.57. The Labute approximate surface area is 223 Å². The molecule has 0 aliphatic carbocycles. The third-order valence-electron chi connectivity index (χ3n) is 5.82. The van der Waals surface area contributed by atoms with Gasteiger partial charge < -0.3 is 34.1 Å². The van der Waals surface area contributed by atoms with Gasteiger partial charge in [-0.15, -0.1) is 0 Å². The lowest BCUT2D eigenvalue weighted by Gasteiger charge is -2.25. The molecule has 2 aromatic carbocycles. The van der Waals surface area contributed by atoms with E-state index in [4.69, 9.17) is 18.9 Å². The molecule has 2 aromatic rings. The molecule has 0 spiro atoms. The maximum atomic E-state index is 14.0. The Morgan fingerprint density at radius 1 is 0.974 bits per heavy atom. The SMILES string of the molecule is C=CCOc1cc(OCC=C)c(C(=O)c2ccc(O)c(OC)c2)c(CC(=O)N(CCO)CCOC)c1CC. The van der Waals surface area contributed by atoms with Crippen molar-refractivity contribution in [3.05, 3.63) is 71.8 Å². The number of aromatic hydroxyl groups is 1. The van der Waals surface area contributed by atoms with Crippen LogP contribution in [0.15, 0.2) is 49.6 Å². The van der Waals surface area contributed by atoms with E-state index in [-0.39, 0.29) is 73.6 Å². The van der Waals surface area contributed by atoms with Crippen LogP contribution in [0.3, 0.4) is 0 Å². The number of carbonyl (C=O) groups is 2. The molecular formula is C29H37NO8. The van der Waals surface area contributed by atoms with Crippen LogP contribution >= 0.6 is 0 Å². The van der Waals surface area contributed by atoms with E-state index in [1.54, 1.807) is 18.2 Å². The molecular weight excluding hydrogens is 490 g/mol. The van der Waals surface area contributed by atoms with E-state index in [2.05, 4.69) is 13.2 Å². The van der Waals surface area contributed by atoms with E-state index in [9.17, 15) is 19.8 Å². The Kier molecular flexibility index (Phi) is 12.4. The second kappa shape index (κ2) is 15.4. The van der Waals surface area contributed by atoms with Gasteiger partial charge in [0, 0.05) is 31.8 Å². The average Bonchev–Trinajstić information content (AvgIpc) is 2.92. The van der Waals surface area contributed by atoms with E-state index < -0.39 is 5.78 Å². The first kappa shape index (κ1) is 30.4. The van der Waals surface area contributed by atoms with E-state index in [1.807, 2.05) is 6.92 Å². The summed E-state index contributed by atoms with van der Waals surface area (Å²) < 4.78 is 22.1. The van der Waals surface area contributed by atoms with Crippen molar-refractivity contribution in [1.29, 1.82) is 0 Å². The van der Waals surface area contributed by atoms with Gasteiger partial charge in [0.25, 0.3) is 0 Å². The molecule has 38 heavy (non-hydrogen) atoms. The number of carbonyl (C=O) groups excluding carboxylic acids is 2. The second-order valence-electron chi connectivity index (χ2n) is 8.25. The summed E-state index contributed by atoms with van der Waals surface area (Å²) in [5.74, 6) is 0.0193. The Morgan fingerprint density at radius 3 is 2.24 bits per heavy atom. The molecule has 0 saturated carbocycles. The highest BCUT2D eigenvalue weighted by Crippen LogP contribution is 2.38. The van der Waals surface area contributed by atoms with Crippen molar-refractivity contribution < 1.29 is 38.7 Å². The standard InChI is InChI=1S/C29H37NO8/c1-6-14-37-24-19-26(38-15-7-2)28(29(34)20-9-10-23(32)25(17-20)36-5)22(21(24)8-3)18-27(33)30(11-13-31)12-16-35-4/h6-7,9-10,17,19,31-32H,1-2,8,11-16,18H2,3-5H3. The smallest absolute Gasteiger partial charge is 0.227 e. The van der Waals surface area contributed by atoms with Gasteiger partial charge in [-0.3, -0.25) is 9.59 Å². The maximum absolute atomic E-state index is 14.0. The number of ketones is 1. The fraction of sp³-hybridized carbons (Fsp3) is 0.379. The normalized spacial score (nSPS) is 10.5. The number of phenols is 1. The minimum absolute atomic E-state index is 0.109. The summed E-state index contributed by atoms with van der Waals surface area (Å²) in [6.07, 6.45) is 3.48. The average molecular weight is 528 g/mol. The first-order chi connectivity index (χ1) is 18.4. The Hall–Kier alpha value is -3.82. The molecule has 9 heteroatoms. The zero-order valence-electron chi connectivity index (χ0n) is 22.3. The lowest BCUT2D eigenvalue weighted by atomic mass is 9.89. The number of benzene rings is 2. The van der Waals surface area contributed by atoms with Gasteiger partial charge in [0.15, 0.2) is 17.3 Å². The first-order valence-corrected chi connectivity index (χ1v) is 12.3. The quantitative estimate of drug-likeness (QED) is 0.238. The predicted octanol–water partition coefficient (Wildman–Crippen LogP) is 3.33. The van der Waals surface area contributed by atoms with Gasteiger partial charge in [-0.1, -0.05) is 32.2 Å². The molecule has 0 radical (unpaired) electrons. The number of amides is 1. The van der Waals surface area contributed by atoms with Crippen molar-refractivity contribution in [2.75, 3.05) is 53.7 Å². The molecule has 2 N–H and O–H groups in total. The molecule has 0 aliphatic heterocycles. The highest BCUT2D eigenvalue weighted by atomic mass is 16.5. The summed E-state index contributed by atoms with van der Waals surface area (Å²) in [6, 6.07) is 5.93. The molecule has 9 nitrogen and oxygen atoms in total. The molecule has 0 saturated heterocycles. The first-order valence-electron chi connectivity index (χ1n) is 12.3. The van der Waals surface area contributed by atoms with Crippen molar-refractivity contribution in [3.63, 3.8) is 0 Å². The van der Waals surface area contributed by atoms with Crippen LogP contribution in [0.5, 0.6) is 23.0 Å². The number of hydrogen-bond donors (Lipinski definition) is 2. The fourth-order valence-electron chi connectivity index (χ4n) is 4.01. The monoisotopic (exact) mass is 527 g/mol. The van der Waals surface area contributed by atoms with Crippen LogP contribution in [0.25, 0.3) is 0 Å². The van der Waals surface area contributed by atoms with Crippen molar-refractivity contribution >= 4 is 11.7 Å². The van der Waals surface area contributed by atoms with Crippen LogP contribution in [0.4, 0.5) is 0 Å². The Balaban J connectivity index is 2.78. The molecule has 0 aliphatic rings. The maximum Gasteiger partial charge on any atom is 0.227 e. The summed E-state index contributed by atoms with van der Waals surface area (Å²) in [6.45, 7) is 10.1. The van der Waals surface area contributed by atoms with Crippen LogP contribution < -0.4 is 14.2 Å². The molecule has 0 fully saturated rings. The van der Waals surface area contributed by atoms with Gasteiger partial charge in [-0.05, 0) is 35.7 Å². The minimum Gasteiger partial charge on any atom is -0.504 e. The molecule has 0 aromatic heterocycles. The lowest BCUT2D eigenvalue weighted by Crippen LogP contribution is -2.37. The number of hydrogen-bond acceptors (Lipinski definition) is 8. The van der Waals surface area contributed by atoms with Crippen molar-refractivity contribution in [2.45, 2.75) is 19.8 Å². The van der Waals surface area contributed by atoms with Crippen LogP contribution in [-0.4, -0.2) is 80.5 Å². The van der Waals surface area contributed by atoms with Gasteiger partial charge in [-0.2, -0.15) is 0 Å². The van der Waals surface area contributed by atoms with Gasteiger partial charge in [0.2, 0.25) is 5.91 Å². The molecule has 0 heterocycles. The number of aliphatic hydroxyl groups excluding tert-OH is 1. The summed E-state index contributed by atoms with van der Waals surface area (Å²) >= 11 is 0.